The SMILES string of the molecule is CCC(C)C(NC(=O)C(CCCCN)NC(=O)C(CC(C)C)NC(=O)C(N)Cc1ccccc1)C(=O)O. The minimum absolute atomic E-state index is 0.0766. The lowest BCUT2D eigenvalue weighted by atomic mass is 9.98. The predicted octanol–water partition coefficient (Wildman–Crippen LogP) is 1.32. The molecule has 0 spiro atoms. The van der Waals surface area contributed by atoms with Crippen LogP contribution in [-0.4, -0.2) is 59.5 Å². The van der Waals surface area contributed by atoms with E-state index < -0.39 is 47.9 Å². The van der Waals surface area contributed by atoms with E-state index in [1.165, 1.54) is 0 Å². The van der Waals surface area contributed by atoms with Crippen molar-refractivity contribution in [3.63, 3.8) is 0 Å². The lowest BCUT2D eigenvalue weighted by molar-refractivity contribution is -0.144. The number of rotatable bonds is 17. The third-order valence-electron chi connectivity index (χ3n) is 6.33. The molecule has 0 fully saturated rings. The highest BCUT2D eigenvalue weighted by atomic mass is 16.4. The van der Waals surface area contributed by atoms with Gasteiger partial charge in [-0.1, -0.05) is 64.4 Å². The smallest absolute Gasteiger partial charge is 0.326 e. The number of carboxylic acid groups (broad SMARTS) is 1. The summed E-state index contributed by atoms with van der Waals surface area (Å²) < 4.78 is 0. The first-order valence-corrected chi connectivity index (χ1v) is 13.1. The molecule has 1 aromatic rings. The normalized spacial score (nSPS) is 15.2. The van der Waals surface area contributed by atoms with Gasteiger partial charge in [0.05, 0.1) is 6.04 Å². The van der Waals surface area contributed by atoms with Gasteiger partial charge < -0.3 is 32.5 Å². The number of hydrogen-bond donors (Lipinski definition) is 6. The van der Waals surface area contributed by atoms with Crippen molar-refractivity contribution in [2.24, 2.45) is 23.3 Å². The summed E-state index contributed by atoms with van der Waals surface area (Å²) in [6.07, 6.45) is 2.73. The Morgan fingerprint density at radius 3 is 2.03 bits per heavy atom. The van der Waals surface area contributed by atoms with Crippen LogP contribution in [0.5, 0.6) is 0 Å². The van der Waals surface area contributed by atoms with Gasteiger partial charge in [-0.25, -0.2) is 4.79 Å². The molecule has 8 N–H and O–H groups in total. The van der Waals surface area contributed by atoms with Crippen LogP contribution in [0.15, 0.2) is 30.3 Å². The van der Waals surface area contributed by atoms with E-state index in [-0.39, 0.29) is 18.3 Å². The molecule has 3 amide bonds. The Hall–Kier alpha value is -2.98. The maximum Gasteiger partial charge on any atom is 0.326 e. The standard InChI is InChI=1S/C27H45N5O5/c1-5-18(4)23(27(36)37)32-25(34)21(13-9-10-14-28)30-26(35)22(15-17(2)3)31-24(33)20(29)16-19-11-7-6-8-12-19/h6-8,11-12,17-18,20-23H,5,9-10,13-16,28-29H2,1-4H3,(H,30,35)(H,31,33)(H,32,34)(H,36,37). The molecule has 0 bridgehead atoms. The molecule has 5 atom stereocenters. The zero-order valence-corrected chi connectivity index (χ0v) is 22.5. The zero-order chi connectivity index (χ0) is 28.0. The van der Waals surface area contributed by atoms with E-state index in [1.807, 2.05) is 51.1 Å². The Morgan fingerprint density at radius 1 is 0.892 bits per heavy atom. The maximum absolute atomic E-state index is 13.3. The molecule has 10 nitrogen and oxygen atoms in total. The van der Waals surface area contributed by atoms with Crippen molar-refractivity contribution in [1.82, 2.24) is 16.0 Å². The van der Waals surface area contributed by atoms with Crippen LogP contribution in [0.2, 0.25) is 0 Å². The Morgan fingerprint density at radius 2 is 1.49 bits per heavy atom. The molecule has 0 aliphatic rings. The van der Waals surface area contributed by atoms with E-state index in [4.69, 9.17) is 11.5 Å². The molecule has 0 aromatic heterocycles. The summed E-state index contributed by atoms with van der Waals surface area (Å²) in [4.78, 5) is 50.9. The molecule has 0 radical (unpaired) electrons. The van der Waals surface area contributed by atoms with Crippen LogP contribution in [0.4, 0.5) is 0 Å². The summed E-state index contributed by atoms with van der Waals surface area (Å²) in [6, 6.07) is 5.56. The second-order valence-corrected chi connectivity index (χ2v) is 10.0. The molecule has 5 unspecified atom stereocenters. The average molecular weight is 520 g/mol. The number of unbranched alkanes of at least 4 members (excludes halogenated alkanes) is 1. The zero-order valence-electron chi connectivity index (χ0n) is 22.5. The number of aliphatic carboxylic acids is 1. The van der Waals surface area contributed by atoms with Gasteiger partial charge in [-0.3, -0.25) is 14.4 Å². The molecule has 208 valence electrons. The van der Waals surface area contributed by atoms with Crippen molar-refractivity contribution in [1.29, 1.82) is 0 Å². The third kappa shape index (κ3) is 11.7. The van der Waals surface area contributed by atoms with Gasteiger partial charge in [0, 0.05) is 0 Å². The van der Waals surface area contributed by atoms with Gasteiger partial charge in [0.1, 0.15) is 18.1 Å². The van der Waals surface area contributed by atoms with Crippen LogP contribution >= 0.6 is 0 Å². The van der Waals surface area contributed by atoms with E-state index in [2.05, 4.69) is 16.0 Å². The largest absolute Gasteiger partial charge is 0.480 e. The summed E-state index contributed by atoms with van der Waals surface area (Å²) in [6.45, 7) is 7.86. The van der Waals surface area contributed by atoms with E-state index in [9.17, 15) is 24.3 Å². The summed E-state index contributed by atoms with van der Waals surface area (Å²) in [5, 5.41) is 17.6. The molecule has 0 aliphatic carbocycles. The van der Waals surface area contributed by atoms with Gasteiger partial charge in [0.15, 0.2) is 0 Å². The van der Waals surface area contributed by atoms with Gasteiger partial charge in [-0.15, -0.1) is 0 Å². The number of benzene rings is 1. The highest BCUT2D eigenvalue weighted by Crippen LogP contribution is 2.11. The fourth-order valence-corrected chi connectivity index (χ4v) is 3.91. The minimum atomic E-state index is -1.13. The van der Waals surface area contributed by atoms with Crippen molar-refractivity contribution in [2.45, 2.75) is 90.4 Å². The molecule has 37 heavy (non-hydrogen) atoms. The van der Waals surface area contributed by atoms with Gasteiger partial charge >= 0.3 is 5.97 Å². The third-order valence-corrected chi connectivity index (χ3v) is 6.33. The molecule has 0 saturated carbocycles. The molecule has 1 rings (SSSR count). The number of hydrogen-bond acceptors (Lipinski definition) is 6. The fraction of sp³-hybridized carbons (Fsp3) is 0.630. The number of nitrogens with one attached hydrogen (secondary N) is 3. The topological polar surface area (TPSA) is 177 Å². The fourth-order valence-electron chi connectivity index (χ4n) is 3.91. The number of carbonyl (C=O) groups excluding carboxylic acids is 3. The van der Waals surface area contributed by atoms with Crippen LogP contribution in [0.25, 0.3) is 0 Å². The summed E-state index contributed by atoms with van der Waals surface area (Å²) in [7, 11) is 0. The van der Waals surface area contributed by atoms with Crippen molar-refractivity contribution < 1.29 is 24.3 Å². The molecule has 0 saturated heterocycles. The van der Waals surface area contributed by atoms with Crippen LogP contribution in [-0.2, 0) is 25.6 Å². The Bertz CT molecular complexity index is 864. The Kier molecular flexibility index (Phi) is 14.5. The van der Waals surface area contributed by atoms with Gasteiger partial charge in [0.25, 0.3) is 0 Å². The predicted molar refractivity (Wildman–Crippen MR) is 143 cm³/mol. The Labute approximate surface area is 220 Å². The lowest BCUT2D eigenvalue weighted by Crippen LogP contribution is -2.58. The molecule has 1 aromatic carbocycles. The average Bonchev–Trinajstić information content (AvgIpc) is 2.85. The monoisotopic (exact) mass is 519 g/mol. The number of amides is 3. The Balaban J connectivity index is 2.98. The van der Waals surface area contributed by atoms with Crippen LogP contribution in [0, 0.1) is 11.8 Å². The van der Waals surface area contributed by atoms with E-state index >= 15 is 0 Å². The minimum Gasteiger partial charge on any atom is -0.480 e. The van der Waals surface area contributed by atoms with Crippen LogP contribution in [0.1, 0.15) is 65.4 Å². The van der Waals surface area contributed by atoms with Crippen LogP contribution in [0.3, 0.4) is 0 Å². The quantitative estimate of drug-likeness (QED) is 0.168. The lowest BCUT2D eigenvalue weighted by Gasteiger charge is -2.27. The van der Waals surface area contributed by atoms with Crippen molar-refractivity contribution in [2.75, 3.05) is 6.54 Å². The number of nitrogens with two attached hydrogens (primary N) is 2. The maximum atomic E-state index is 13.3. The first-order valence-electron chi connectivity index (χ1n) is 13.1. The molecule has 10 heteroatoms. The van der Waals surface area contributed by atoms with Crippen LogP contribution < -0.4 is 27.4 Å². The van der Waals surface area contributed by atoms with Crippen molar-refractivity contribution >= 4 is 23.7 Å². The van der Waals surface area contributed by atoms with E-state index in [0.29, 0.717) is 38.6 Å². The summed E-state index contributed by atoms with van der Waals surface area (Å²) in [5.74, 6) is -2.90. The highest BCUT2D eigenvalue weighted by molar-refractivity contribution is 5.94. The van der Waals surface area contributed by atoms with Crippen molar-refractivity contribution in [3.8, 4) is 0 Å². The van der Waals surface area contributed by atoms with Gasteiger partial charge in [-0.2, -0.15) is 0 Å². The second kappa shape index (κ2) is 16.7. The van der Waals surface area contributed by atoms with Gasteiger partial charge in [-0.05, 0) is 56.0 Å². The molecular formula is C27H45N5O5. The molecule has 0 heterocycles. The van der Waals surface area contributed by atoms with Crippen molar-refractivity contribution in [3.05, 3.63) is 35.9 Å². The number of carbonyl (C=O) groups is 4. The first-order chi connectivity index (χ1) is 17.5. The molecular weight excluding hydrogens is 474 g/mol. The number of carboxylic acids is 1. The summed E-state index contributed by atoms with van der Waals surface area (Å²) >= 11 is 0. The van der Waals surface area contributed by atoms with E-state index in [1.54, 1.807) is 6.92 Å². The highest BCUT2D eigenvalue weighted by Gasteiger charge is 2.32. The first kappa shape index (κ1) is 32.0. The van der Waals surface area contributed by atoms with Gasteiger partial charge in [0.2, 0.25) is 17.7 Å². The molecule has 0 aliphatic heterocycles. The van der Waals surface area contributed by atoms with E-state index in [0.717, 1.165) is 5.56 Å². The summed E-state index contributed by atoms with van der Waals surface area (Å²) in [5.41, 5.74) is 12.6. The second-order valence-electron chi connectivity index (χ2n) is 10.0.